The summed E-state index contributed by atoms with van der Waals surface area (Å²) in [5.41, 5.74) is 0. The second-order valence-electron chi connectivity index (χ2n) is 1.99. The quantitative estimate of drug-likeness (QED) is 0.286. The third kappa shape index (κ3) is 2.30. The van der Waals surface area contributed by atoms with E-state index in [-0.39, 0.29) is 0 Å². The molecule has 0 radical (unpaired) electrons. The predicted molar refractivity (Wildman–Crippen MR) is 45.9 cm³/mol. The molecule has 0 amide bonds. The summed E-state index contributed by atoms with van der Waals surface area (Å²) < 4.78 is 4.68. The summed E-state index contributed by atoms with van der Waals surface area (Å²) in [6.45, 7) is 0. The third-order valence-corrected chi connectivity index (χ3v) is 1.39. The Kier molecular flexibility index (Phi) is 2.73. The molecule has 0 spiro atoms. The van der Waals surface area contributed by atoms with Crippen LogP contribution in [0.4, 0.5) is 0 Å². The van der Waals surface area contributed by atoms with Gasteiger partial charge >= 0.3 is 5.97 Å². The number of benzene rings is 1. The number of esters is 1. The topological polar surface area (TPSA) is 26.3 Å². The van der Waals surface area contributed by atoms with Crippen LogP contribution in [0.3, 0.4) is 0 Å². The molecule has 60 valence electrons. The van der Waals surface area contributed by atoms with E-state index < -0.39 is 5.97 Å². The largest absolute Gasteiger partial charge is 0.417 e. The van der Waals surface area contributed by atoms with Crippen LogP contribution < -0.4 is 4.74 Å². The summed E-state index contributed by atoms with van der Waals surface area (Å²) in [6, 6.07) is 6.36. The smallest absolute Gasteiger partial charge is 0.389 e. The van der Waals surface area contributed by atoms with E-state index in [9.17, 15) is 4.79 Å². The molecule has 0 saturated carbocycles. The van der Waals surface area contributed by atoms with E-state index in [1.54, 1.807) is 24.3 Å². The van der Waals surface area contributed by atoms with Gasteiger partial charge in [-0.25, -0.2) is 4.79 Å². The lowest BCUT2D eigenvalue weighted by Gasteiger charge is -1.98. The summed E-state index contributed by atoms with van der Waals surface area (Å²) in [6.07, 6.45) is 4.80. The molecular weight excluding hydrogens is 176 g/mol. The average molecular weight is 181 g/mol. The van der Waals surface area contributed by atoms with Crippen LogP contribution in [0.5, 0.6) is 5.75 Å². The summed E-state index contributed by atoms with van der Waals surface area (Å²) in [5.74, 6) is 1.51. The molecule has 0 aliphatic rings. The van der Waals surface area contributed by atoms with Gasteiger partial charge in [-0.3, -0.25) is 0 Å². The zero-order valence-electron chi connectivity index (χ0n) is 6.08. The van der Waals surface area contributed by atoms with Gasteiger partial charge in [0, 0.05) is 10.9 Å². The SMILES string of the molecule is C#CC(=O)Oc1ccc(Cl)cc1. The Labute approximate surface area is 75.1 Å². The highest BCUT2D eigenvalue weighted by Gasteiger charge is 1.98. The maximum atomic E-state index is 10.6. The second kappa shape index (κ2) is 3.80. The van der Waals surface area contributed by atoms with Crippen molar-refractivity contribution in [1.29, 1.82) is 0 Å². The molecule has 0 heterocycles. The van der Waals surface area contributed by atoms with E-state index in [1.165, 1.54) is 0 Å². The fourth-order valence-electron chi connectivity index (χ4n) is 0.639. The van der Waals surface area contributed by atoms with Gasteiger partial charge in [0.25, 0.3) is 0 Å². The van der Waals surface area contributed by atoms with Crippen molar-refractivity contribution in [3.05, 3.63) is 29.3 Å². The van der Waals surface area contributed by atoms with E-state index in [1.807, 2.05) is 5.92 Å². The highest BCUT2D eigenvalue weighted by Crippen LogP contribution is 2.15. The average Bonchev–Trinajstić information content (AvgIpc) is 2.09. The number of halogens is 1. The first-order valence-corrected chi connectivity index (χ1v) is 3.54. The lowest BCUT2D eigenvalue weighted by atomic mass is 10.3. The molecule has 0 fully saturated rings. The maximum absolute atomic E-state index is 10.6. The molecule has 0 aliphatic heterocycles. The van der Waals surface area contributed by atoms with Crippen LogP contribution in [0.15, 0.2) is 24.3 Å². The first kappa shape index (κ1) is 8.63. The molecule has 1 aromatic rings. The van der Waals surface area contributed by atoms with Gasteiger partial charge in [-0.05, 0) is 24.3 Å². The van der Waals surface area contributed by atoms with Gasteiger partial charge in [-0.2, -0.15) is 0 Å². The minimum atomic E-state index is -0.711. The van der Waals surface area contributed by atoms with Gasteiger partial charge in [0.15, 0.2) is 0 Å². The molecule has 2 nitrogen and oxygen atoms in total. The molecule has 0 saturated heterocycles. The maximum Gasteiger partial charge on any atom is 0.389 e. The van der Waals surface area contributed by atoms with Crippen LogP contribution in [0.25, 0.3) is 0 Å². The van der Waals surface area contributed by atoms with Crippen LogP contribution in [-0.2, 0) is 4.79 Å². The highest BCUT2D eigenvalue weighted by molar-refractivity contribution is 6.30. The Morgan fingerprint density at radius 2 is 2.00 bits per heavy atom. The molecule has 0 aliphatic carbocycles. The van der Waals surface area contributed by atoms with Crippen molar-refractivity contribution >= 4 is 17.6 Å². The van der Waals surface area contributed by atoms with Crippen LogP contribution in [0, 0.1) is 12.3 Å². The molecule has 3 heteroatoms. The fourth-order valence-corrected chi connectivity index (χ4v) is 0.765. The number of ether oxygens (including phenoxy) is 1. The van der Waals surface area contributed by atoms with E-state index in [0.717, 1.165) is 0 Å². The summed E-state index contributed by atoms with van der Waals surface area (Å²) >= 11 is 5.60. The Morgan fingerprint density at radius 3 is 2.50 bits per heavy atom. The third-order valence-electron chi connectivity index (χ3n) is 1.14. The lowest BCUT2D eigenvalue weighted by molar-refractivity contribution is -0.128. The number of terminal acetylenes is 1. The second-order valence-corrected chi connectivity index (χ2v) is 2.42. The summed E-state index contributed by atoms with van der Waals surface area (Å²) in [7, 11) is 0. The number of carbonyl (C=O) groups is 1. The zero-order valence-corrected chi connectivity index (χ0v) is 6.84. The lowest BCUT2D eigenvalue weighted by Crippen LogP contribution is -2.03. The molecule has 1 aromatic carbocycles. The van der Waals surface area contributed by atoms with Crippen molar-refractivity contribution in [3.63, 3.8) is 0 Å². The van der Waals surface area contributed by atoms with Gasteiger partial charge in [-0.15, -0.1) is 6.42 Å². The van der Waals surface area contributed by atoms with Crippen molar-refractivity contribution in [2.45, 2.75) is 0 Å². The van der Waals surface area contributed by atoms with E-state index in [4.69, 9.17) is 18.0 Å². The molecule has 12 heavy (non-hydrogen) atoms. The van der Waals surface area contributed by atoms with Crippen molar-refractivity contribution in [1.82, 2.24) is 0 Å². The molecule has 0 N–H and O–H groups in total. The van der Waals surface area contributed by atoms with Crippen molar-refractivity contribution in [3.8, 4) is 18.1 Å². The number of hydrogen-bond donors (Lipinski definition) is 0. The van der Waals surface area contributed by atoms with Crippen molar-refractivity contribution < 1.29 is 9.53 Å². The number of rotatable bonds is 1. The normalized spacial score (nSPS) is 8.67. The Balaban J connectivity index is 2.73. The molecule has 0 atom stereocenters. The number of hydrogen-bond acceptors (Lipinski definition) is 2. The predicted octanol–water partition coefficient (Wildman–Crippen LogP) is 1.88. The minimum Gasteiger partial charge on any atom is -0.417 e. The van der Waals surface area contributed by atoms with Gasteiger partial charge in [-0.1, -0.05) is 11.6 Å². The minimum absolute atomic E-state index is 0.391. The Bertz CT molecular complexity index is 321. The number of carbonyl (C=O) groups excluding carboxylic acids is 1. The summed E-state index contributed by atoms with van der Waals surface area (Å²) in [5, 5.41) is 0.579. The Hall–Kier alpha value is -1.46. The van der Waals surface area contributed by atoms with Gasteiger partial charge in [0.2, 0.25) is 0 Å². The van der Waals surface area contributed by atoms with Gasteiger partial charge < -0.3 is 4.74 Å². The van der Waals surface area contributed by atoms with Crippen LogP contribution in [0.1, 0.15) is 0 Å². The van der Waals surface area contributed by atoms with E-state index in [0.29, 0.717) is 10.8 Å². The van der Waals surface area contributed by atoms with Crippen LogP contribution in [0.2, 0.25) is 5.02 Å². The fraction of sp³-hybridized carbons (Fsp3) is 0. The molecule has 0 bridgehead atoms. The molecule has 1 rings (SSSR count). The highest BCUT2D eigenvalue weighted by atomic mass is 35.5. The van der Waals surface area contributed by atoms with Gasteiger partial charge in [0.05, 0.1) is 0 Å². The molecular formula is C9H5ClO2. The van der Waals surface area contributed by atoms with Crippen LogP contribution >= 0.6 is 11.6 Å². The summed E-state index contributed by atoms with van der Waals surface area (Å²) in [4.78, 5) is 10.6. The van der Waals surface area contributed by atoms with Gasteiger partial charge in [0.1, 0.15) is 5.75 Å². The first-order valence-electron chi connectivity index (χ1n) is 3.16. The van der Waals surface area contributed by atoms with E-state index in [2.05, 4.69) is 4.74 Å². The van der Waals surface area contributed by atoms with E-state index >= 15 is 0 Å². The standard InChI is InChI=1S/C9H5ClO2/c1-2-9(11)12-8-5-3-7(10)4-6-8/h1,3-6H. The van der Waals surface area contributed by atoms with Crippen LogP contribution in [-0.4, -0.2) is 5.97 Å². The van der Waals surface area contributed by atoms with Crippen molar-refractivity contribution in [2.24, 2.45) is 0 Å². The van der Waals surface area contributed by atoms with Crippen molar-refractivity contribution in [2.75, 3.05) is 0 Å². The monoisotopic (exact) mass is 180 g/mol. The molecule has 0 unspecified atom stereocenters. The Morgan fingerprint density at radius 1 is 1.42 bits per heavy atom. The zero-order chi connectivity index (χ0) is 8.97. The first-order chi connectivity index (χ1) is 5.72. The molecule has 0 aromatic heterocycles.